The number of ketones is 1. The van der Waals surface area contributed by atoms with Crippen LogP contribution in [0.3, 0.4) is 0 Å². The van der Waals surface area contributed by atoms with Crippen LogP contribution in [0.1, 0.15) is 37.9 Å². The summed E-state index contributed by atoms with van der Waals surface area (Å²) in [6.45, 7) is 0.304. The molecule has 1 atom stereocenters. The van der Waals surface area contributed by atoms with Crippen LogP contribution < -0.4 is 14.2 Å². The molecule has 0 fully saturated rings. The summed E-state index contributed by atoms with van der Waals surface area (Å²) in [4.78, 5) is 26.3. The Morgan fingerprint density at radius 1 is 0.667 bits per heavy atom. The van der Waals surface area contributed by atoms with Crippen molar-refractivity contribution >= 4 is 11.8 Å². The second-order valence-corrected chi connectivity index (χ2v) is 7.93. The zero-order valence-electron chi connectivity index (χ0n) is 20.0. The molecule has 6 nitrogen and oxygen atoms in total. The van der Waals surface area contributed by atoms with Crippen LogP contribution in [-0.4, -0.2) is 26.0 Å². The number of carbonyl (C=O) groups excluding carboxylic acids is 2. The van der Waals surface area contributed by atoms with E-state index in [1.54, 1.807) is 87.0 Å². The molecule has 4 aromatic rings. The van der Waals surface area contributed by atoms with Gasteiger partial charge in [-0.25, -0.2) is 4.79 Å². The molecule has 0 spiro atoms. The van der Waals surface area contributed by atoms with Gasteiger partial charge in [0, 0.05) is 11.1 Å². The summed E-state index contributed by atoms with van der Waals surface area (Å²) in [5, 5.41) is 0. The van der Waals surface area contributed by atoms with Gasteiger partial charge in [-0.1, -0.05) is 54.6 Å². The van der Waals surface area contributed by atoms with Gasteiger partial charge in [-0.3, -0.25) is 4.79 Å². The molecule has 0 aromatic heterocycles. The van der Waals surface area contributed by atoms with Crippen LogP contribution in [0.25, 0.3) is 0 Å². The van der Waals surface area contributed by atoms with Crippen molar-refractivity contribution in [3.05, 3.63) is 125 Å². The van der Waals surface area contributed by atoms with E-state index in [1.165, 1.54) is 0 Å². The molecule has 0 bridgehead atoms. The van der Waals surface area contributed by atoms with Gasteiger partial charge in [0.2, 0.25) is 5.78 Å². The molecule has 36 heavy (non-hydrogen) atoms. The number of carbonyl (C=O) groups is 2. The molecular weight excluding hydrogens is 456 g/mol. The minimum Gasteiger partial charge on any atom is -0.497 e. The standard InChI is InChI=1S/C30H26O6/c1-33-25-18-16-22(17-19-25)28(31)29(23-8-4-3-5-9-23)36-30(32)24-14-12-21(13-15-24)20-35-27-11-7-6-10-26(27)34-2/h3-19,29H,20H2,1-2H3/t29-/m1/s1. The summed E-state index contributed by atoms with van der Waals surface area (Å²) in [6, 6.07) is 29.9. The van der Waals surface area contributed by atoms with Crippen molar-refractivity contribution < 1.29 is 28.5 Å². The lowest BCUT2D eigenvalue weighted by molar-refractivity contribution is 0.0280. The van der Waals surface area contributed by atoms with Crippen LogP contribution in [0.5, 0.6) is 17.2 Å². The molecule has 0 aliphatic heterocycles. The quantitative estimate of drug-likeness (QED) is 0.202. The van der Waals surface area contributed by atoms with Gasteiger partial charge in [-0.2, -0.15) is 0 Å². The van der Waals surface area contributed by atoms with E-state index in [0.717, 1.165) is 5.56 Å². The summed E-state index contributed by atoms with van der Waals surface area (Å²) in [7, 11) is 3.14. The van der Waals surface area contributed by atoms with Crippen molar-refractivity contribution in [2.45, 2.75) is 12.7 Å². The van der Waals surface area contributed by atoms with Gasteiger partial charge in [0.25, 0.3) is 0 Å². The third kappa shape index (κ3) is 5.91. The van der Waals surface area contributed by atoms with Gasteiger partial charge >= 0.3 is 5.97 Å². The van der Waals surface area contributed by atoms with Crippen LogP contribution in [-0.2, 0) is 11.3 Å². The van der Waals surface area contributed by atoms with Gasteiger partial charge < -0.3 is 18.9 Å². The zero-order chi connectivity index (χ0) is 25.3. The van der Waals surface area contributed by atoms with Crippen LogP contribution in [0.4, 0.5) is 0 Å². The Kier molecular flexibility index (Phi) is 7.98. The molecule has 0 unspecified atom stereocenters. The topological polar surface area (TPSA) is 71.1 Å². The molecule has 0 aliphatic rings. The van der Waals surface area contributed by atoms with E-state index in [9.17, 15) is 9.59 Å². The third-order valence-electron chi connectivity index (χ3n) is 5.59. The molecule has 0 aliphatic carbocycles. The fourth-order valence-electron chi connectivity index (χ4n) is 3.62. The molecule has 0 saturated heterocycles. The maximum Gasteiger partial charge on any atom is 0.339 e. The van der Waals surface area contributed by atoms with Crippen LogP contribution in [0.2, 0.25) is 0 Å². The molecule has 6 heteroatoms. The number of ether oxygens (including phenoxy) is 4. The Labute approximate surface area is 210 Å². The Bertz CT molecular complexity index is 1300. The van der Waals surface area contributed by atoms with Gasteiger partial charge in [0.1, 0.15) is 12.4 Å². The summed E-state index contributed by atoms with van der Waals surface area (Å²) < 4.78 is 22.0. The maximum absolute atomic E-state index is 13.3. The molecule has 182 valence electrons. The van der Waals surface area contributed by atoms with E-state index in [2.05, 4.69) is 0 Å². The first-order valence-electron chi connectivity index (χ1n) is 11.4. The van der Waals surface area contributed by atoms with Crippen LogP contribution >= 0.6 is 0 Å². The van der Waals surface area contributed by atoms with Crippen molar-refractivity contribution in [3.8, 4) is 17.2 Å². The summed E-state index contributed by atoms with van der Waals surface area (Å²) >= 11 is 0. The second-order valence-electron chi connectivity index (χ2n) is 7.93. The fraction of sp³-hybridized carbons (Fsp3) is 0.133. The van der Waals surface area contributed by atoms with E-state index < -0.39 is 12.1 Å². The first kappa shape index (κ1) is 24.5. The van der Waals surface area contributed by atoms with Crippen molar-refractivity contribution in [1.29, 1.82) is 0 Å². The number of hydrogen-bond donors (Lipinski definition) is 0. The number of Topliss-reactive ketones (excluding diaryl/α,β-unsaturated/α-hetero) is 1. The molecule has 0 radical (unpaired) electrons. The lowest BCUT2D eigenvalue weighted by Gasteiger charge is -2.18. The van der Waals surface area contributed by atoms with Crippen molar-refractivity contribution in [1.82, 2.24) is 0 Å². The Morgan fingerprint density at radius 3 is 1.92 bits per heavy atom. The van der Waals surface area contributed by atoms with Gasteiger partial charge in [0.05, 0.1) is 19.8 Å². The Balaban J connectivity index is 1.47. The third-order valence-corrected chi connectivity index (χ3v) is 5.59. The SMILES string of the molecule is COc1ccc(C(=O)[C@H](OC(=O)c2ccc(COc3ccccc3OC)cc2)c2ccccc2)cc1. The highest BCUT2D eigenvalue weighted by Gasteiger charge is 2.27. The normalized spacial score (nSPS) is 11.3. The largest absolute Gasteiger partial charge is 0.497 e. The monoisotopic (exact) mass is 482 g/mol. The summed E-state index contributed by atoms with van der Waals surface area (Å²) in [6.07, 6.45) is -1.08. The van der Waals surface area contributed by atoms with E-state index in [4.69, 9.17) is 18.9 Å². The fourth-order valence-corrected chi connectivity index (χ4v) is 3.62. The van der Waals surface area contributed by atoms with Crippen molar-refractivity contribution in [3.63, 3.8) is 0 Å². The Morgan fingerprint density at radius 2 is 1.28 bits per heavy atom. The molecule has 0 heterocycles. The number of rotatable bonds is 10. The second kappa shape index (κ2) is 11.7. The van der Waals surface area contributed by atoms with E-state index in [0.29, 0.717) is 40.5 Å². The minimum atomic E-state index is -1.08. The first-order valence-corrected chi connectivity index (χ1v) is 11.4. The van der Waals surface area contributed by atoms with Gasteiger partial charge in [0.15, 0.2) is 17.6 Å². The average molecular weight is 483 g/mol. The highest BCUT2D eigenvalue weighted by atomic mass is 16.5. The van der Waals surface area contributed by atoms with Crippen LogP contribution in [0, 0.1) is 0 Å². The number of methoxy groups -OCH3 is 2. The maximum atomic E-state index is 13.3. The Hall–Kier alpha value is -4.58. The zero-order valence-corrected chi connectivity index (χ0v) is 20.0. The highest BCUT2D eigenvalue weighted by Crippen LogP contribution is 2.27. The smallest absolute Gasteiger partial charge is 0.339 e. The molecular formula is C30H26O6. The number of esters is 1. The number of hydrogen-bond acceptors (Lipinski definition) is 6. The van der Waals surface area contributed by atoms with Crippen molar-refractivity contribution in [2.24, 2.45) is 0 Å². The van der Waals surface area contributed by atoms with Crippen LogP contribution in [0.15, 0.2) is 103 Å². The number of benzene rings is 4. The molecule has 4 aromatic carbocycles. The van der Waals surface area contributed by atoms with E-state index >= 15 is 0 Å². The lowest BCUT2D eigenvalue weighted by atomic mass is 9.99. The van der Waals surface area contributed by atoms with E-state index in [-0.39, 0.29) is 5.78 Å². The average Bonchev–Trinajstić information content (AvgIpc) is 2.95. The molecule has 0 amide bonds. The van der Waals surface area contributed by atoms with Gasteiger partial charge in [-0.05, 0) is 54.1 Å². The predicted octanol–water partition coefficient (Wildman–Crippen LogP) is 6.06. The molecule has 0 N–H and O–H groups in total. The summed E-state index contributed by atoms with van der Waals surface area (Å²) in [5.74, 6) is 0.994. The number of para-hydroxylation sites is 2. The van der Waals surface area contributed by atoms with E-state index in [1.807, 2.05) is 30.3 Å². The van der Waals surface area contributed by atoms with Crippen molar-refractivity contribution in [2.75, 3.05) is 14.2 Å². The van der Waals surface area contributed by atoms with Gasteiger partial charge in [-0.15, -0.1) is 0 Å². The summed E-state index contributed by atoms with van der Waals surface area (Å²) in [5.41, 5.74) is 2.21. The lowest BCUT2D eigenvalue weighted by Crippen LogP contribution is -2.20. The minimum absolute atomic E-state index is 0.304. The molecule has 0 saturated carbocycles. The molecule has 4 rings (SSSR count). The highest BCUT2D eigenvalue weighted by molar-refractivity contribution is 6.02. The predicted molar refractivity (Wildman–Crippen MR) is 136 cm³/mol. The first-order chi connectivity index (χ1) is 17.6.